The van der Waals surface area contributed by atoms with E-state index < -0.39 is 0 Å². The van der Waals surface area contributed by atoms with E-state index >= 15 is 0 Å². The molecular formula is C11H16N4O. The lowest BCUT2D eigenvalue weighted by Crippen LogP contribution is -2.30. The van der Waals surface area contributed by atoms with Crippen LogP contribution in [0.25, 0.3) is 0 Å². The van der Waals surface area contributed by atoms with Gasteiger partial charge in [0.25, 0.3) is 5.91 Å². The monoisotopic (exact) mass is 220 g/mol. The number of nitrogens with zero attached hydrogens (tertiary/aromatic N) is 3. The van der Waals surface area contributed by atoms with Crippen LogP contribution in [0.3, 0.4) is 0 Å². The Bertz CT molecular complexity index is 354. The van der Waals surface area contributed by atoms with Gasteiger partial charge in [-0.2, -0.15) is 0 Å². The van der Waals surface area contributed by atoms with E-state index in [2.05, 4.69) is 15.3 Å². The van der Waals surface area contributed by atoms with E-state index in [1.165, 1.54) is 6.20 Å². The van der Waals surface area contributed by atoms with Crippen LogP contribution in [0.15, 0.2) is 18.6 Å². The number of amides is 1. The minimum Gasteiger partial charge on any atom is -0.337 e. The van der Waals surface area contributed by atoms with Crippen molar-refractivity contribution in [1.82, 2.24) is 20.2 Å². The van der Waals surface area contributed by atoms with Gasteiger partial charge >= 0.3 is 0 Å². The van der Waals surface area contributed by atoms with Crippen LogP contribution in [0.1, 0.15) is 16.9 Å². The predicted octanol–water partition coefficient (Wildman–Crippen LogP) is 0.158. The number of rotatable bonds is 3. The highest BCUT2D eigenvalue weighted by Gasteiger charge is 2.26. The summed E-state index contributed by atoms with van der Waals surface area (Å²) in [5.41, 5.74) is 0.438. The van der Waals surface area contributed by atoms with Crippen LogP contribution >= 0.6 is 0 Å². The van der Waals surface area contributed by atoms with Crippen LogP contribution in [0, 0.1) is 5.92 Å². The fourth-order valence-electron chi connectivity index (χ4n) is 2.04. The molecule has 1 aromatic heterocycles. The third-order valence-electron chi connectivity index (χ3n) is 2.85. The Morgan fingerprint density at radius 3 is 3.19 bits per heavy atom. The lowest BCUT2D eigenvalue weighted by atomic mass is 10.1. The molecular weight excluding hydrogens is 204 g/mol. The van der Waals surface area contributed by atoms with E-state index in [0.29, 0.717) is 11.6 Å². The van der Waals surface area contributed by atoms with Crippen LogP contribution in [-0.4, -0.2) is 47.5 Å². The molecule has 0 aromatic carbocycles. The Morgan fingerprint density at radius 2 is 2.50 bits per heavy atom. The Labute approximate surface area is 94.9 Å². The van der Waals surface area contributed by atoms with Crippen LogP contribution in [0.4, 0.5) is 0 Å². The van der Waals surface area contributed by atoms with E-state index in [1.54, 1.807) is 12.4 Å². The van der Waals surface area contributed by atoms with Gasteiger partial charge in [-0.1, -0.05) is 0 Å². The molecule has 86 valence electrons. The van der Waals surface area contributed by atoms with Crippen LogP contribution < -0.4 is 5.32 Å². The number of hydrogen-bond donors (Lipinski definition) is 1. The third-order valence-corrected chi connectivity index (χ3v) is 2.85. The van der Waals surface area contributed by atoms with Gasteiger partial charge in [0.2, 0.25) is 0 Å². The highest BCUT2D eigenvalue weighted by atomic mass is 16.2. The number of aromatic nitrogens is 2. The molecule has 1 aliphatic rings. The standard InChI is InChI=1S/C11H16N4O/c1-12-6-9-2-5-15(8-9)11(16)10-7-13-3-4-14-10/h3-4,7,9,12H,2,5-6,8H2,1H3. The van der Waals surface area contributed by atoms with Crippen molar-refractivity contribution >= 4 is 5.91 Å². The molecule has 1 amide bonds. The second-order valence-corrected chi connectivity index (χ2v) is 4.05. The van der Waals surface area contributed by atoms with E-state index in [0.717, 1.165) is 26.1 Å². The summed E-state index contributed by atoms with van der Waals surface area (Å²) in [4.78, 5) is 21.8. The van der Waals surface area contributed by atoms with Gasteiger partial charge in [0.05, 0.1) is 6.20 Å². The summed E-state index contributed by atoms with van der Waals surface area (Å²) in [6, 6.07) is 0. The summed E-state index contributed by atoms with van der Waals surface area (Å²) in [6.45, 7) is 2.60. The molecule has 1 N–H and O–H groups in total. The maximum atomic E-state index is 12.0. The van der Waals surface area contributed by atoms with Crippen molar-refractivity contribution in [1.29, 1.82) is 0 Å². The van der Waals surface area contributed by atoms with Gasteiger partial charge in [-0.05, 0) is 25.9 Å². The highest BCUT2D eigenvalue weighted by Crippen LogP contribution is 2.16. The van der Waals surface area contributed by atoms with Gasteiger partial charge in [-0.15, -0.1) is 0 Å². The smallest absolute Gasteiger partial charge is 0.274 e. The van der Waals surface area contributed by atoms with Crippen molar-refractivity contribution in [2.45, 2.75) is 6.42 Å². The molecule has 5 nitrogen and oxygen atoms in total. The molecule has 0 spiro atoms. The van der Waals surface area contributed by atoms with Crippen LogP contribution in [0.2, 0.25) is 0 Å². The molecule has 0 radical (unpaired) electrons. The van der Waals surface area contributed by atoms with Crippen molar-refractivity contribution in [3.05, 3.63) is 24.3 Å². The second kappa shape index (κ2) is 5.03. The average Bonchev–Trinajstić information content (AvgIpc) is 2.78. The minimum absolute atomic E-state index is 0.00768. The van der Waals surface area contributed by atoms with E-state index in [4.69, 9.17) is 0 Å². The Hall–Kier alpha value is -1.49. The number of carbonyl (C=O) groups is 1. The lowest BCUT2D eigenvalue weighted by molar-refractivity contribution is 0.0781. The summed E-state index contributed by atoms with van der Waals surface area (Å²) >= 11 is 0. The third kappa shape index (κ3) is 2.36. The Balaban J connectivity index is 1.97. The quantitative estimate of drug-likeness (QED) is 0.788. The second-order valence-electron chi connectivity index (χ2n) is 4.05. The molecule has 0 saturated carbocycles. The van der Waals surface area contributed by atoms with E-state index in [9.17, 15) is 4.79 Å². The SMILES string of the molecule is CNCC1CCN(C(=O)c2cnccn2)C1. The molecule has 1 saturated heterocycles. The molecule has 1 aliphatic heterocycles. The molecule has 1 unspecified atom stereocenters. The van der Waals surface area contributed by atoms with Crippen molar-refractivity contribution in [2.75, 3.05) is 26.7 Å². The first-order valence-electron chi connectivity index (χ1n) is 5.51. The molecule has 2 rings (SSSR count). The molecule has 16 heavy (non-hydrogen) atoms. The van der Waals surface area contributed by atoms with Gasteiger partial charge in [-0.3, -0.25) is 9.78 Å². The predicted molar refractivity (Wildman–Crippen MR) is 60.0 cm³/mol. The zero-order valence-corrected chi connectivity index (χ0v) is 9.39. The highest BCUT2D eigenvalue weighted by molar-refractivity contribution is 5.92. The summed E-state index contributed by atoms with van der Waals surface area (Å²) < 4.78 is 0. The topological polar surface area (TPSA) is 58.1 Å². The van der Waals surface area contributed by atoms with Crippen LogP contribution in [-0.2, 0) is 0 Å². The van der Waals surface area contributed by atoms with Crippen molar-refractivity contribution in [2.24, 2.45) is 5.92 Å². The average molecular weight is 220 g/mol. The summed E-state index contributed by atoms with van der Waals surface area (Å²) in [6.07, 6.45) is 5.71. The Morgan fingerprint density at radius 1 is 1.62 bits per heavy atom. The maximum Gasteiger partial charge on any atom is 0.274 e. The number of nitrogens with one attached hydrogen (secondary N) is 1. The largest absolute Gasteiger partial charge is 0.337 e. The van der Waals surface area contributed by atoms with Crippen molar-refractivity contribution < 1.29 is 4.79 Å². The molecule has 1 aromatic rings. The summed E-state index contributed by atoms with van der Waals surface area (Å²) in [5.74, 6) is 0.553. The normalized spacial score (nSPS) is 20.1. The molecule has 0 aliphatic carbocycles. The summed E-state index contributed by atoms with van der Waals surface area (Å²) in [7, 11) is 1.94. The molecule has 5 heteroatoms. The molecule has 2 heterocycles. The first kappa shape index (κ1) is 11.0. The zero-order chi connectivity index (χ0) is 11.4. The minimum atomic E-state index is -0.00768. The molecule has 1 fully saturated rings. The maximum absolute atomic E-state index is 12.0. The molecule has 1 atom stereocenters. The van der Waals surface area contributed by atoms with Gasteiger partial charge in [0.15, 0.2) is 0 Å². The molecule has 0 bridgehead atoms. The Kier molecular flexibility index (Phi) is 3.46. The first-order chi connectivity index (χ1) is 7.81. The van der Waals surface area contributed by atoms with Gasteiger partial charge in [0, 0.05) is 25.5 Å². The van der Waals surface area contributed by atoms with Gasteiger partial charge < -0.3 is 10.2 Å². The summed E-state index contributed by atoms with van der Waals surface area (Å²) in [5, 5.41) is 3.14. The van der Waals surface area contributed by atoms with Crippen LogP contribution in [0.5, 0.6) is 0 Å². The fourth-order valence-corrected chi connectivity index (χ4v) is 2.04. The number of likely N-dealkylation sites (tertiary alicyclic amines) is 1. The van der Waals surface area contributed by atoms with Gasteiger partial charge in [0.1, 0.15) is 5.69 Å². The van der Waals surface area contributed by atoms with Gasteiger partial charge in [-0.25, -0.2) is 4.98 Å². The van der Waals surface area contributed by atoms with E-state index in [-0.39, 0.29) is 5.91 Å². The zero-order valence-electron chi connectivity index (χ0n) is 9.39. The lowest BCUT2D eigenvalue weighted by Gasteiger charge is -2.15. The van der Waals surface area contributed by atoms with E-state index in [1.807, 2.05) is 11.9 Å². The number of hydrogen-bond acceptors (Lipinski definition) is 4. The van der Waals surface area contributed by atoms with Crippen molar-refractivity contribution in [3.8, 4) is 0 Å². The van der Waals surface area contributed by atoms with Crippen molar-refractivity contribution in [3.63, 3.8) is 0 Å². The fraction of sp³-hybridized carbons (Fsp3) is 0.545. The number of carbonyl (C=O) groups excluding carboxylic acids is 1. The first-order valence-corrected chi connectivity index (χ1v) is 5.51.